The van der Waals surface area contributed by atoms with Crippen molar-refractivity contribution in [1.82, 2.24) is 4.98 Å². The average Bonchev–Trinajstić information content (AvgIpc) is 2.30. The third kappa shape index (κ3) is 2.44. The fourth-order valence-corrected chi connectivity index (χ4v) is 2.20. The summed E-state index contributed by atoms with van der Waals surface area (Å²) in [7, 11) is 0. The molecule has 0 aromatic carbocycles. The summed E-state index contributed by atoms with van der Waals surface area (Å²) < 4.78 is 0. The first-order chi connectivity index (χ1) is 7.66. The zero-order chi connectivity index (χ0) is 11.5. The summed E-state index contributed by atoms with van der Waals surface area (Å²) in [5.41, 5.74) is 6.30. The molecule has 4 heteroatoms. The van der Waals surface area contributed by atoms with Crippen molar-refractivity contribution in [2.24, 2.45) is 5.92 Å². The Balaban J connectivity index is 2.06. The summed E-state index contributed by atoms with van der Waals surface area (Å²) in [5.74, 6) is 1.31. The number of hydrogen-bond donors (Lipinski definition) is 2. The minimum Gasteiger partial charge on any atom is -0.397 e. The second-order valence-electron chi connectivity index (χ2n) is 4.54. The van der Waals surface area contributed by atoms with Gasteiger partial charge in [-0.15, -0.1) is 0 Å². The van der Waals surface area contributed by atoms with Gasteiger partial charge in [0.15, 0.2) is 0 Å². The van der Waals surface area contributed by atoms with Gasteiger partial charge in [0.1, 0.15) is 5.82 Å². The summed E-state index contributed by atoms with van der Waals surface area (Å²) in [5, 5.41) is 9.62. The zero-order valence-electron chi connectivity index (χ0n) is 9.63. The number of hydrogen-bond acceptors (Lipinski definition) is 4. The van der Waals surface area contributed by atoms with E-state index in [-0.39, 0.29) is 6.10 Å². The molecule has 1 aromatic heterocycles. The maximum atomic E-state index is 9.62. The van der Waals surface area contributed by atoms with Crippen molar-refractivity contribution in [2.45, 2.75) is 25.9 Å². The number of nitrogen functional groups attached to an aromatic ring is 1. The molecule has 0 saturated carbocycles. The van der Waals surface area contributed by atoms with Crippen LogP contribution in [0.4, 0.5) is 11.5 Å². The van der Waals surface area contributed by atoms with Crippen LogP contribution in [0, 0.1) is 5.92 Å². The molecule has 0 radical (unpaired) electrons. The molecule has 0 bridgehead atoms. The SMILES string of the molecule is C[C@@H](O)[C@@H]1CCCN(c2ccc(N)cn2)C1. The largest absolute Gasteiger partial charge is 0.397 e. The lowest BCUT2D eigenvalue weighted by Crippen LogP contribution is -2.39. The standard InChI is InChI=1S/C12H19N3O/c1-9(16)10-3-2-6-15(8-10)12-5-4-11(13)7-14-12/h4-5,7,9-10,16H,2-3,6,8,13H2,1H3/t9-,10-/m1/s1. The van der Waals surface area contributed by atoms with Gasteiger partial charge in [0.25, 0.3) is 0 Å². The van der Waals surface area contributed by atoms with Crippen molar-refractivity contribution in [3.05, 3.63) is 18.3 Å². The summed E-state index contributed by atoms with van der Waals surface area (Å²) in [6.45, 7) is 3.76. The fraction of sp³-hybridized carbons (Fsp3) is 0.583. The first kappa shape index (κ1) is 11.2. The number of nitrogens with two attached hydrogens (primary N) is 1. The van der Waals surface area contributed by atoms with Gasteiger partial charge >= 0.3 is 0 Å². The Hall–Kier alpha value is -1.29. The quantitative estimate of drug-likeness (QED) is 0.789. The first-order valence-corrected chi connectivity index (χ1v) is 5.81. The smallest absolute Gasteiger partial charge is 0.128 e. The molecule has 0 amide bonds. The van der Waals surface area contributed by atoms with Crippen molar-refractivity contribution in [2.75, 3.05) is 23.7 Å². The van der Waals surface area contributed by atoms with E-state index in [1.807, 2.05) is 19.1 Å². The first-order valence-electron chi connectivity index (χ1n) is 5.81. The van der Waals surface area contributed by atoms with Crippen LogP contribution in [0.2, 0.25) is 0 Å². The molecule has 0 aliphatic carbocycles. The molecule has 1 aliphatic heterocycles. The van der Waals surface area contributed by atoms with Gasteiger partial charge in [0.05, 0.1) is 18.0 Å². The minimum atomic E-state index is -0.239. The van der Waals surface area contributed by atoms with Crippen LogP contribution >= 0.6 is 0 Å². The van der Waals surface area contributed by atoms with E-state index < -0.39 is 0 Å². The van der Waals surface area contributed by atoms with Gasteiger partial charge in [-0.05, 0) is 31.9 Å². The molecule has 0 spiro atoms. The van der Waals surface area contributed by atoms with Crippen LogP contribution in [0.1, 0.15) is 19.8 Å². The van der Waals surface area contributed by atoms with Crippen molar-refractivity contribution in [1.29, 1.82) is 0 Å². The van der Waals surface area contributed by atoms with Gasteiger partial charge < -0.3 is 15.7 Å². The van der Waals surface area contributed by atoms with Crippen LogP contribution in [-0.2, 0) is 0 Å². The van der Waals surface area contributed by atoms with Crippen LogP contribution in [0.15, 0.2) is 18.3 Å². The van der Waals surface area contributed by atoms with Crippen molar-refractivity contribution < 1.29 is 5.11 Å². The second-order valence-corrected chi connectivity index (χ2v) is 4.54. The van der Waals surface area contributed by atoms with E-state index in [9.17, 15) is 5.11 Å². The Morgan fingerprint density at radius 1 is 1.56 bits per heavy atom. The lowest BCUT2D eigenvalue weighted by Gasteiger charge is -2.34. The van der Waals surface area contributed by atoms with E-state index in [4.69, 9.17) is 5.73 Å². The van der Waals surface area contributed by atoms with Gasteiger partial charge in [-0.3, -0.25) is 0 Å². The van der Waals surface area contributed by atoms with Crippen LogP contribution < -0.4 is 10.6 Å². The molecule has 16 heavy (non-hydrogen) atoms. The molecule has 4 nitrogen and oxygen atoms in total. The Kier molecular flexibility index (Phi) is 3.29. The number of pyridine rings is 1. The lowest BCUT2D eigenvalue weighted by molar-refractivity contribution is 0.115. The van der Waals surface area contributed by atoms with E-state index in [2.05, 4.69) is 9.88 Å². The summed E-state index contributed by atoms with van der Waals surface area (Å²) in [4.78, 5) is 6.54. The summed E-state index contributed by atoms with van der Waals surface area (Å²) in [6.07, 6.45) is 3.66. The molecule has 88 valence electrons. The van der Waals surface area contributed by atoms with Crippen LogP contribution in [0.3, 0.4) is 0 Å². The third-order valence-corrected chi connectivity index (χ3v) is 3.23. The molecule has 0 unspecified atom stereocenters. The second kappa shape index (κ2) is 4.70. The highest BCUT2D eigenvalue weighted by atomic mass is 16.3. The van der Waals surface area contributed by atoms with Gasteiger partial charge in [-0.1, -0.05) is 0 Å². The average molecular weight is 221 g/mol. The van der Waals surface area contributed by atoms with Gasteiger partial charge in [0.2, 0.25) is 0 Å². The zero-order valence-corrected chi connectivity index (χ0v) is 9.63. The van der Waals surface area contributed by atoms with Crippen LogP contribution in [0.5, 0.6) is 0 Å². The number of anilines is 2. The number of aliphatic hydroxyl groups is 1. The number of aromatic nitrogens is 1. The molecule has 2 atom stereocenters. The summed E-state index contributed by atoms with van der Waals surface area (Å²) >= 11 is 0. The lowest BCUT2D eigenvalue weighted by atomic mass is 9.93. The predicted octanol–water partition coefficient (Wildman–Crippen LogP) is 1.26. The topological polar surface area (TPSA) is 62.4 Å². The molecule has 1 aromatic rings. The number of piperidine rings is 1. The van der Waals surface area contributed by atoms with Gasteiger partial charge in [-0.2, -0.15) is 0 Å². The highest BCUT2D eigenvalue weighted by Crippen LogP contribution is 2.23. The Morgan fingerprint density at radius 3 is 3.00 bits per heavy atom. The fourth-order valence-electron chi connectivity index (χ4n) is 2.20. The number of nitrogens with zero attached hydrogens (tertiary/aromatic N) is 2. The Bertz CT molecular complexity index is 337. The number of aliphatic hydroxyl groups excluding tert-OH is 1. The van der Waals surface area contributed by atoms with Crippen LogP contribution in [-0.4, -0.2) is 29.3 Å². The van der Waals surface area contributed by atoms with Crippen LogP contribution in [0.25, 0.3) is 0 Å². The maximum Gasteiger partial charge on any atom is 0.128 e. The van der Waals surface area contributed by atoms with Crippen molar-refractivity contribution in [3.8, 4) is 0 Å². The molecular formula is C12H19N3O. The van der Waals surface area contributed by atoms with Gasteiger partial charge in [-0.25, -0.2) is 4.98 Å². The Morgan fingerprint density at radius 2 is 2.38 bits per heavy atom. The van der Waals surface area contributed by atoms with Crippen molar-refractivity contribution in [3.63, 3.8) is 0 Å². The molecule has 1 saturated heterocycles. The molecule has 3 N–H and O–H groups in total. The maximum absolute atomic E-state index is 9.62. The number of rotatable bonds is 2. The highest BCUT2D eigenvalue weighted by molar-refractivity contribution is 5.46. The molecule has 2 rings (SSSR count). The monoisotopic (exact) mass is 221 g/mol. The third-order valence-electron chi connectivity index (χ3n) is 3.23. The minimum absolute atomic E-state index is 0.239. The van der Waals surface area contributed by atoms with E-state index >= 15 is 0 Å². The Labute approximate surface area is 96.1 Å². The van der Waals surface area contributed by atoms with E-state index in [0.717, 1.165) is 31.7 Å². The normalized spacial score (nSPS) is 23.1. The predicted molar refractivity (Wildman–Crippen MR) is 65.3 cm³/mol. The molecule has 1 aliphatic rings. The molecular weight excluding hydrogens is 202 g/mol. The highest BCUT2D eigenvalue weighted by Gasteiger charge is 2.23. The summed E-state index contributed by atoms with van der Waals surface area (Å²) in [6, 6.07) is 3.81. The van der Waals surface area contributed by atoms with Crippen molar-refractivity contribution >= 4 is 11.5 Å². The van der Waals surface area contributed by atoms with Gasteiger partial charge in [0, 0.05) is 19.0 Å². The molecule has 1 fully saturated rings. The molecule has 2 heterocycles. The van der Waals surface area contributed by atoms with E-state index in [0.29, 0.717) is 11.6 Å². The van der Waals surface area contributed by atoms with E-state index in [1.165, 1.54) is 0 Å². The van der Waals surface area contributed by atoms with E-state index in [1.54, 1.807) is 6.20 Å².